The van der Waals surface area contributed by atoms with Gasteiger partial charge in [0, 0.05) is 12.3 Å². The normalized spacial score (nSPS) is 35.3. The summed E-state index contributed by atoms with van der Waals surface area (Å²) >= 11 is 5.13. The maximum atomic E-state index is 13.0. The molecule has 2 saturated heterocycles. The van der Waals surface area contributed by atoms with E-state index in [0.29, 0.717) is 0 Å². The maximum Gasteiger partial charge on any atom is 0.406 e. The van der Waals surface area contributed by atoms with Crippen LogP contribution in [0, 0.1) is 4.77 Å². The van der Waals surface area contributed by atoms with Crippen molar-refractivity contribution in [3.8, 4) is 0 Å². The number of nitrogens with zero attached hydrogens (tertiary/aromatic N) is 1. The van der Waals surface area contributed by atoms with Crippen LogP contribution in [-0.2, 0) is 27.9 Å². The lowest BCUT2D eigenvalue weighted by molar-refractivity contribution is -0.149. The number of H-pyrrole nitrogens is 1. The minimum atomic E-state index is -3.94. The molecule has 0 radical (unpaired) electrons. The first-order valence-electron chi connectivity index (χ1n) is 9.03. The van der Waals surface area contributed by atoms with Gasteiger partial charge in [0.05, 0.1) is 12.7 Å². The zero-order valence-corrected chi connectivity index (χ0v) is 18.1. The fourth-order valence-corrected chi connectivity index (χ4v) is 5.22. The van der Waals surface area contributed by atoms with Crippen molar-refractivity contribution in [2.75, 3.05) is 6.61 Å². The molecule has 1 aromatic heterocycles. The second-order valence-electron chi connectivity index (χ2n) is 7.43. The molecule has 162 valence electrons. The molecule has 0 aromatic carbocycles. The van der Waals surface area contributed by atoms with Gasteiger partial charge >= 0.3 is 13.7 Å². The van der Waals surface area contributed by atoms with Crippen LogP contribution in [0.3, 0.4) is 0 Å². The van der Waals surface area contributed by atoms with E-state index in [9.17, 15) is 19.3 Å². The summed E-state index contributed by atoms with van der Waals surface area (Å²) in [5, 5.41) is 13.6. The standard InChI is InChI=1S/C16H24N3O8PS/c1-8(2)25-13(21)9(3)18-28(23)24-7-10-12(27-28)16(4,22)14(26-10)19-6-5-11(20)17-15(19)29/h5-6,8-10,12,14,22H,7H2,1-4H3,(H,18,23)(H,17,20,29)/t9-,10+,12?,14+,16?,28?/m0/s1. The molecule has 2 aliphatic heterocycles. The first-order valence-corrected chi connectivity index (χ1v) is 11.0. The van der Waals surface area contributed by atoms with E-state index in [1.165, 1.54) is 30.7 Å². The quantitative estimate of drug-likeness (QED) is 0.339. The summed E-state index contributed by atoms with van der Waals surface area (Å²) in [6, 6.07) is 0.277. The summed E-state index contributed by atoms with van der Waals surface area (Å²) in [7, 11) is -3.94. The van der Waals surface area contributed by atoms with Crippen LogP contribution in [0.4, 0.5) is 0 Å². The number of aliphatic hydroxyl groups is 1. The third kappa shape index (κ3) is 4.53. The SMILES string of the molecule is CC(C)OC(=O)[C@H](C)NP1(=O)OC[C@H]2O[C@@H](n3ccc(=O)[nH]c3=S)C(C)(O)C2O1. The average Bonchev–Trinajstić information content (AvgIpc) is 2.85. The van der Waals surface area contributed by atoms with E-state index in [4.69, 9.17) is 30.7 Å². The zero-order valence-electron chi connectivity index (χ0n) is 16.4. The predicted molar refractivity (Wildman–Crippen MR) is 103 cm³/mol. The number of hydrogen-bond acceptors (Lipinski definition) is 9. The number of ether oxygens (including phenoxy) is 2. The lowest BCUT2D eigenvalue weighted by atomic mass is 9.96. The molecule has 13 heteroatoms. The second kappa shape index (κ2) is 8.03. The fraction of sp³-hybridized carbons (Fsp3) is 0.688. The maximum absolute atomic E-state index is 13.0. The van der Waals surface area contributed by atoms with Gasteiger partial charge in [0.1, 0.15) is 23.9 Å². The highest BCUT2D eigenvalue weighted by atomic mass is 32.1. The molecule has 0 amide bonds. The molecule has 0 spiro atoms. The molecule has 3 heterocycles. The highest BCUT2D eigenvalue weighted by Gasteiger charge is 2.59. The third-order valence-electron chi connectivity index (χ3n) is 4.54. The number of nitrogens with one attached hydrogen (secondary N) is 2. The number of rotatable bonds is 5. The minimum Gasteiger partial charge on any atom is -0.462 e. The Labute approximate surface area is 171 Å². The molecule has 3 rings (SSSR count). The molecule has 11 nitrogen and oxygen atoms in total. The molecule has 0 saturated carbocycles. The molecule has 2 aliphatic rings. The molecule has 3 unspecified atom stereocenters. The Hall–Kier alpha value is -1.40. The van der Waals surface area contributed by atoms with Gasteiger partial charge in [-0.25, -0.2) is 9.65 Å². The van der Waals surface area contributed by atoms with Crippen LogP contribution in [-0.4, -0.2) is 57.2 Å². The predicted octanol–water partition coefficient (Wildman–Crippen LogP) is 1.01. The Morgan fingerprint density at radius 3 is 2.83 bits per heavy atom. The van der Waals surface area contributed by atoms with E-state index in [0.717, 1.165) is 0 Å². The van der Waals surface area contributed by atoms with E-state index in [1.807, 2.05) is 0 Å². The van der Waals surface area contributed by atoms with E-state index in [-0.39, 0.29) is 17.5 Å². The summed E-state index contributed by atoms with van der Waals surface area (Å²) in [4.78, 5) is 25.9. The molecule has 0 aliphatic carbocycles. The van der Waals surface area contributed by atoms with Crippen molar-refractivity contribution >= 4 is 25.9 Å². The minimum absolute atomic E-state index is 0.0497. The summed E-state index contributed by atoms with van der Waals surface area (Å²) < 4.78 is 36.2. The third-order valence-corrected chi connectivity index (χ3v) is 6.55. The Morgan fingerprint density at radius 2 is 2.21 bits per heavy atom. The average molecular weight is 449 g/mol. The van der Waals surface area contributed by atoms with Gasteiger partial charge in [-0.05, 0) is 39.9 Å². The monoisotopic (exact) mass is 449 g/mol. The molecule has 6 atom stereocenters. The molecule has 2 fully saturated rings. The lowest BCUT2D eigenvalue weighted by Crippen LogP contribution is -2.49. The van der Waals surface area contributed by atoms with Gasteiger partial charge in [-0.15, -0.1) is 0 Å². The van der Waals surface area contributed by atoms with Crippen molar-refractivity contribution in [1.82, 2.24) is 14.6 Å². The Kier molecular flexibility index (Phi) is 6.17. The smallest absolute Gasteiger partial charge is 0.406 e. The second-order valence-corrected chi connectivity index (χ2v) is 9.53. The van der Waals surface area contributed by atoms with Gasteiger partial charge in [-0.2, -0.15) is 0 Å². The lowest BCUT2D eigenvalue weighted by Gasteiger charge is -2.36. The van der Waals surface area contributed by atoms with E-state index in [2.05, 4.69) is 10.1 Å². The highest BCUT2D eigenvalue weighted by Crippen LogP contribution is 2.55. The van der Waals surface area contributed by atoms with Gasteiger partial charge in [0.15, 0.2) is 11.0 Å². The number of aromatic amines is 1. The first kappa shape index (κ1) is 22.3. The van der Waals surface area contributed by atoms with Gasteiger partial charge < -0.3 is 14.6 Å². The van der Waals surface area contributed by atoms with Crippen molar-refractivity contribution in [3.05, 3.63) is 27.4 Å². The van der Waals surface area contributed by atoms with Gasteiger partial charge in [-0.3, -0.25) is 28.2 Å². The molecular weight excluding hydrogens is 425 g/mol. The molecular formula is C16H24N3O8PS. The number of hydrogen-bond donors (Lipinski definition) is 3. The molecule has 1 aromatic rings. The number of fused-ring (bicyclic) bond motifs is 1. The van der Waals surface area contributed by atoms with Crippen LogP contribution in [0.5, 0.6) is 0 Å². The van der Waals surface area contributed by atoms with Crippen molar-refractivity contribution < 1.29 is 33.0 Å². The summed E-state index contributed by atoms with van der Waals surface area (Å²) in [6.07, 6.45) is -1.75. The van der Waals surface area contributed by atoms with Crippen molar-refractivity contribution in [2.45, 2.75) is 63.9 Å². The first-order chi connectivity index (χ1) is 13.4. The number of carbonyl (C=O) groups is 1. The van der Waals surface area contributed by atoms with Gasteiger partial charge in [-0.1, -0.05) is 0 Å². The summed E-state index contributed by atoms with van der Waals surface area (Å²) in [5.41, 5.74) is -2.05. The fourth-order valence-electron chi connectivity index (χ4n) is 3.20. The van der Waals surface area contributed by atoms with Crippen LogP contribution >= 0.6 is 20.0 Å². The zero-order chi connectivity index (χ0) is 21.6. The molecule has 0 bridgehead atoms. The van der Waals surface area contributed by atoms with Crippen molar-refractivity contribution in [2.24, 2.45) is 0 Å². The van der Waals surface area contributed by atoms with Crippen molar-refractivity contribution in [3.63, 3.8) is 0 Å². The van der Waals surface area contributed by atoms with Crippen molar-refractivity contribution in [1.29, 1.82) is 0 Å². The van der Waals surface area contributed by atoms with E-state index >= 15 is 0 Å². The van der Waals surface area contributed by atoms with Crippen LogP contribution in [0.25, 0.3) is 0 Å². The number of esters is 1. The Balaban J connectivity index is 1.79. The van der Waals surface area contributed by atoms with Crippen LogP contribution in [0.15, 0.2) is 17.1 Å². The summed E-state index contributed by atoms with van der Waals surface area (Å²) in [5.74, 6) is -0.614. The van der Waals surface area contributed by atoms with Crippen LogP contribution in [0.1, 0.15) is 33.9 Å². The highest BCUT2D eigenvalue weighted by molar-refractivity contribution is 7.71. The summed E-state index contributed by atoms with van der Waals surface area (Å²) in [6.45, 7) is 6.15. The van der Waals surface area contributed by atoms with E-state index in [1.54, 1.807) is 13.8 Å². The Morgan fingerprint density at radius 1 is 1.52 bits per heavy atom. The molecule has 3 N–H and O–H groups in total. The van der Waals surface area contributed by atoms with Crippen LogP contribution < -0.4 is 10.6 Å². The number of carbonyl (C=O) groups excluding carboxylic acids is 1. The van der Waals surface area contributed by atoms with E-state index < -0.39 is 49.4 Å². The van der Waals surface area contributed by atoms with Crippen LogP contribution in [0.2, 0.25) is 0 Å². The van der Waals surface area contributed by atoms with Gasteiger partial charge in [0.25, 0.3) is 5.56 Å². The largest absolute Gasteiger partial charge is 0.462 e. The topological polar surface area (TPSA) is 141 Å². The number of aromatic nitrogens is 2. The van der Waals surface area contributed by atoms with Gasteiger partial charge in [0.2, 0.25) is 0 Å². The Bertz CT molecular complexity index is 945. The molecule has 29 heavy (non-hydrogen) atoms.